The van der Waals surface area contributed by atoms with Crippen LogP contribution < -0.4 is 0 Å². The molecule has 1 aromatic carbocycles. The van der Waals surface area contributed by atoms with E-state index in [0.717, 1.165) is 12.1 Å². The van der Waals surface area contributed by atoms with E-state index >= 15 is 0 Å². The van der Waals surface area contributed by atoms with Crippen molar-refractivity contribution in [2.24, 2.45) is 0 Å². The van der Waals surface area contributed by atoms with E-state index in [1.165, 1.54) is 0 Å². The third-order valence-electron chi connectivity index (χ3n) is 2.96. The standard InChI is InChI=1S/C12H18FNO5S/c1-14(2,6-3-7-20(17,18)19)8-9-10(13)4-5-11(15)12(9)16/h4-5H,3,6-8H2,1-2H3,(H2-,15,16,17,18,19)/p+1. The van der Waals surface area contributed by atoms with E-state index in [1.54, 1.807) is 14.1 Å². The van der Waals surface area contributed by atoms with Gasteiger partial charge < -0.3 is 14.7 Å². The third-order valence-corrected chi connectivity index (χ3v) is 3.76. The molecule has 0 aliphatic carbocycles. The lowest BCUT2D eigenvalue weighted by Crippen LogP contribution is -2.40. The predicted molar refractivity (Wildman–Crippen MR) is 71.4 cm³/mol. The van der Waals surface area contributed by atoms with Crippen LogP contribution in [0.4, 0.5) is 4.39 Å². The highest BCUT2D eigenvalue weighted by Crippen LogP contribution is 2.32. The lowest BCUT2D eigenvalue weighted by Gasteiger charge is -2.30. The SMILES string of the molecule is C[N+](C)(CCCS(=O)(=O)O)Cc1c(F)ccc(O)c1O. The molecule has 0 saturated heterocycles. The largest absolute Gasteiger partial charge is 0.504 e. The molecular weight excluding hydrogens is 289 g/mol. The molecule has 0 amide bonds. The number of nitrogens with zero attached hydrogens (tertiary/aromatic N) is 1. The second kappa shape index (κ2) is 5.94. The van der Waals surface area contributed by atoms with Gasteiger partial charge in [0.1, 0.15) is 12.4 Å². The molecule has 0 unspecified atom stereocenters. The summed E-state index contributed by atoms with van der Waals surface area (Å²) in [6, 6.07) is 2.12. The monoisotopic (exact) mass is 308 g/mol. The number of phenols is 2. The van der Waals surface area contributed by atoms with Gasteiger partial charge in [0.25, 0.3) is 10.1 Å². The van der Waals surface area contributed by atoms with Crippen LogP contribution in [0.2, 0.25) is 0 Å². The second-order valence-electron chi connectivity index (χ2n) is 5.35. The quantitative estimate of drug-likeness (QED) is 0.415. The molecule has 20 heavy (non-hydrogen) atoms. The van der Waals surface area contributed by atoms with Crippen molar-refractivity contribution >= 4 is 10.1 Å². The van der Waals surface area contributed by atoms with E-state index in [4.69, 9.17) is 4.55 Å². The van der Waals surface area contributed by atoms with Gasteiger partial charge >= 0.3 is 0 Å². The number of benzene rings is 1. The average Bonchev–Trinajstić information content (AvgIpc) is 2.28. The number of aromatic hydroxyl groups is 2. The molecule has 0 aromatic heterocycles. The van der Waals surface area contributed by atoms with E-state index in [1.807, 2.05) is 0 Å². The Morgan fingerprint density at radius 3 is 2.40 bits per heavy atom. The highest BCUT2D eigenvalue weighted by molar-refractivity contribution is 7.85. The Hall–Kier alpha value is -1.38. The minimum Gasteiger partial charge on any atom is -0.504 e. The molecule has 0 bridgehead atoms. The van der Waals surface area contributed by atoms with Gasteiger partial charge in [-0.1, -0.05) is 0 Å². The van der Waals surface area contributed by atoms with Crippen LogP contribution in [-0.4, -0.2) is 54.1 Å². The van der Waals surface area contributed by atoms with Crippen LogP contribution in [0.15, 0.2) is 12.1 Å². The molecule has 0 aliphatic rings. The van der Waals surface area contributed by atoms with Crippen LogP contribution in [0.5, 0.6) is 11.5 Å². The molecule has 0 atom stereocenters. The summed E-state index contributed by atoms with van der Waals surface area (Å²) in [6.45, 7) is 0.436. The van der Waals surface area contributed by atoms with Crippen molar-refractivity contribution in [2.75, 3.05) is 26.4 Å². The Morgan fingerprint density at radius 2 is 1.85 bits per heavy atom. The summed E-state index contributed by atoms with van der Waals surface area (Å²) in [6.07, 6.45) is 0.201. The van der Waals surface area contributed by atoms with Gasteiger partial charge in [-0.2, -0.15) is 8.42 Å². The van der Waals surface area contributed by atoms with Gasteiger partial charge in [0, 0.05) is 6.42 Å². The molecular formula is C12H19FNO5S+. The summed E-state index contributed by atoms with van der Waals surface area (Å²) < 4.78 is 43.8. The van der Waals surface area contributed by atoms with Crippen LogP contribution in [0.25, 0.3) is 0 Å². The summed E-state index contributed by atoms with van der Waals surface area (Å²) in [7, 11) is -0.558. The Labute approximate surface area is 117 Å². The highest BCUT2D eigenvalue weighted by atomic mass is 32.2. The van der Waals surface area contributed by atoms with E-state index in [9.17, 15) is 23.0 Å². The Kier molecular flexibility index (Phi) is 4.95. The first kappa shape index (κ1) is 16.7. The second-order valence-corrected chi connectivity index (χ2v) is 6.92. The highest BCUT2D eigenvalue weighted by Gasteiger charge is 2.23. The average molecular weight is 308 g/mol. The van der Waals surface area contributed by atoms with Crippen molar-refractivity contribution in [1.82, 2.24) is 0 Å². The number of quaternary nitrogens is 1. The van der Waals surface area contributed by atoms with Crippen molar-refractivity contribution in [2.45, 2.75) is 13.0 Å². The molecule has 1 rings (SSSR count). The van der Waals surface area contributed by atoms with Gasteiger partial charge in [-0.25, -0.2) is 4.39 Å². The minimum atomic E-state index is -4.02. The fourth-order valence-electron chi connectivity index (χ4n) is 1.93. The molecule has 0 heterocycles. The van der Waals surface area contributed by atoms with Crippen molar-refractivity contribution in [3.05, 3.63) is 23.5 Å². The van der Waals surface area contributed by atoms with E-state index in [2.05, 4.69) is 0 Å². The Morgan fingerprint density at radius 1 is 1.25 bits per heavy atom. The van der Waals surface area contributed by atoms with Gasteiger partial charge in [-0.05, 0) is 12.1 Å². The fourth-order valence-corrected chi connectivity index (χ4v) is 2.43. The normalized spacial score (nSPS) is 12.6. The van der Waals surface area contributed by atoms with Crippen LogP contribution in [0.3, 0.4) is 0 Å². The van der Waals surface area contributed by atoms with E-state index in [-0.39, 0.29) is 28.8 Å². The summed E-state index contributed by atoms with van der Waals surface area (Å²) in [5.41, 5.74) is -0.0261. The lowest BCUT2D eigenvalue weighted by molar-refractivity contribution is -0.903. The van der Waals surface area contributed by atoms with Gasteiger partial charge in [-0.3, -0.25) is 4.55 Å². The Bertz CT molecular complexity index is 586. The van der Waals surface area contributed by atoms with Crippen molar-refractivity contribution < 1.29 is 32.1 Å². The number of rotatable bonds is 6. The molecule has 0 saturated carbocycles. The minimum absolute atomic E-state index is 0.0261. The Balaban J connectivity index is 2.78. The smallest absolute Gasteiger partial charge is 0.265 e. The van der Waals surface area contributed by atoms with Gasteiger partial charge in [0.2, 0.25) is 0 Å². The van der Waals surface area contributed by atoms with Crippen LogP contribution in [-0.2, 0) is 16.7 Å². The molecule has 6 nitrogen and oxygen atoms in total. The molecule has 8 heteroatoms. The number of halogens is 1. The number of hydrogen-bond acceptors (Lipinski definition) is 4. The van der Waals surface area contributed by atoms with E-state index < -0.39 is 27.4 Å². The van der Waals surface area contributed by atoms with Crippen molar-refractivity contribution in [1.29, 1.82) is 0 Å². The summed E-state index contributed by atoms with van der Waals surface area (Å²) in [5, 5.41) is 19.0. The molecule has 0 spiro atoms. The zero-order chi connectivity index (χ0) is 15.6. The van der Waals surface area contributed by atoms with E-state index in [0.29, 0.717) is 6.54 Å². The number of phenolic OH excluding ortho intramolecular Hbond substituents is 2. The van der Waals surface area contributed by atoms with Crippen LogP contribution >= 0.6 is 0 Å². The molecule has 3 N–H and O–H groups in total. The zero-order valence-corrected chi connectivity index (χ0v) is 12.2. The summed E-state index contributed by atoms with van der Waals surface area (Å²) >= 11 is 0. The first-order valence-electron chi connectivity index (χ1n) is 5.98. The third kappa shape index (κ3) is 4.95. The molecule has 114 valence electrons. The first-order valence-corrected chi connectivity index (χ1v) is 7.59. The molecule has 0 radical (unpaired) electrons. The summed E-state index contributed by atoms with van der Waals surface area (Å²) in [5.74, 6) is -1.92. The number of hydrogen-bond donors (Lipinski definition) is 3. The molecule has 0 fully saturated rings. The zero-order valence-electron chi connectivity index (χ0n) is 11.4. The summed E-state index contributed by atoms with van der Waals surface area (Å²) in [4.78, 5) is 0. The maximum Gasteiger partial charge on any atom is 0.265 e. The van der Waals surface area contributed by atoms with Crippen molar-refractivity contribution in [3.8, 4) is 11.5 Å². The lowest BCUT2D eigenvalue weighted by atomic mass is 10.1. The van der Waals surface area contributed by atoms with Gasteiger partial charge in [0.15, 0.2) is 11.5 Å². The van der Waals surface area contributed by atoms with Crippen LogP contribution in [0, 0.1) is 5.82 Å². The topological polar surface area (TPSA) is 94.8 Å². The maximum atomic E-state index is 13.7. The van der Waals surface area contributed by atoms with Gasteiger partial charge in [0.05, 0.1) is 32.0 Å². The fraction of sp³-hybridized carbons (Fsp3) is 0.500. The van der Waals surface area contributed by atoms with Crippen molar-refractivity contribution in [3.63, 3.8) is 0 Å². The molecule has 1 aromatic rings. The van der Waals surface area contributed by atoms with Crippen LogP contribution in [0.1, 0.15) is 12.0 Å². The van der Waals surface area contributed by atoms with Gasteiger partial charge in [-0.15, -0.1) is 0 Å². The first-order chi connectivity index (χ1) is 9.02. The molecule has 0 aliphatic heterocycles. The maximum absolute atomic E-state index is 13.7. The predicted octanol–water partition coefficient (Wildman–Crippen LogP) is 1.09.